The topological polar surface area (TPSA) is 38.3 Å². The fourth-order valence-electron chi connectivity index (χ4n) is 3.01. The van der Waals surface area contributed by atoms with Gasteiger partial charge in [-0.1, -0.05) is 43.7 Å². The van der Waals surface area contributed by atoms with Crippen molar-refractivity contribution in [2.24, 2.45) is 0 Å². The predicted octanol–water partition coefficient (Wildman–Crippen LogP) is 4.56. The van der Waals surface area contributed by atoms with E-state index in [2.05, 4.69) is 5.32 Å². The highest BCUT2D eigenvalue weighted by molar-refractivity contribution is 6.32. The molecule has 0 radical (unpaired) electrons. The third-order valence-corrected chi connectivity index (χ3v) is 4.85. The van der Waals surface area contributed by atoms with Crippen LogP contribution in [0.2, 0.25) is 5.02 Å². The van der Waals surface area contributed by atoms with E-state index in [0.717, 1.165) is 29.0 Å². The molecule has 122 valence electrons. The second kappa shape index (κ2) is 8.42. The van der Waals surface area contributed by atoms with E-state index in [0.29, 0.717) is 11.8 Å². The molecule has 0 aromatic heterocycles. The molecule has 22 heavy (non-hydrogen) atoms. The minimum atomic E-state index is -0.0316. The number of hydrogen-bond acceptors (Lipinski definition) is 2. The van der Waals surface area contributed by atoms with Crippen LogP contribution in [0.4, 0.5) is 0 Å². The zero-order valence-corrected chi connectivity index (χ0v) is 14.3. The Balaban J connectivity index is 1.82. The molecular formula is C18H26ClNO2. The summed E-state index contributed by atoms with van der Waals surface area (Å²) in [6, 6.07) is 4.06. The number of ether oxygens (including phenoxy) is 1. The molecule has 0 unspecified atom stereocenters. The maximum Gasteiger partial charge on any atom is 0.258 e. The molecule has 1 aliphatic rings. The van der Waals surface area contributed by atoms with Crippen molar-refractivity contribution >= 4 is 17.5 Å². The van der Waals surface area contributed by atoms with E-state index < -0.39 is 0 Å². The van der Waals surface area contributed by atoms with Gasteiger partial charge in [-0.3, -0.25) is 4.79 Å². The number of carbonyl (C=O) groups excluding carboxylic acids is 1. The second-order valence-corrected chi connectivity index (χ2v) is 6.65. The van der Waals surface area contributed by atoms with Crippen LogP contribution in [0.5, 0.6) is 5.75 Å². The zero-order valence-electron chi connectivity index (χ0n) is 13.6. The fourth-order valence-corrected chi connectivity index (χ4v) is 3.12. The van der Waals surface area contributed by atoms with Crippen LogP contribution in [0, 0.1) is 13.8 Å². The van der Waals surface area contributed by atoms with Gasteiger partial charge in [-0.2, -0.15) is 0 Å². The van der Waals surface area contributed by atoms with Gasteiger partial charge in [0, 0.05) is 11.1 Å². The van der Waals surface area contributed by atoms with Gasteiger partial charge in [-0.25, -0.2) is 0 Å². The molecule has 1 aromatic carbocycles. The summed E-state index contributed by atoms with van der Waals surface area (Å²) in [5.41, 5.74) is 1.94. The first-order chi connectivity index (χ1) is 10.6. The van der Waals surface area contributed by atoms with Crippen LogP contribution in [0.25, 0.3) is 0 Å². The van der Waals surface area contributed by atoms with Crippen LogP contribution in [0.1, 0.15) is 56.1 Å². The average molecular weight is 324 g/mol. The van der Waals surface area contributed by atoms with Crippen LogP contribution in [-0.4, -0.2) is 18.6 Å². The highest BCUT2D eigenvalue weighted by atomic mass is 35.5. The molecule has 1 saturated carbocycles. The SMILES string of the molecule is Cc1cc(OCC(=O)NC2CCCCCCC2)cc(C)c1Cl. The van der Waals surface area contributed by atoms with Crippen LogP contribution in [0.15, 0.2) is 12.1 Å². The van der Waals surface area contributed by atoms with Gasteiger partial charge in [0.05, 0.1) is 0 Å². The Labute approximate surface area is 138 Å². The van der Waals surface area contributed by atoms with Gasteiger partial charge in [0.25, 0.3) is 5.91 Å². The van der Waals surface area contributed by atoms with Gasteiger partial charge >= 0.3 is 0 Å². The molecule has 0 saturated heterocycles. The smallest absolute Gasteiger partial charge is 0.258 e. The number of benzene rings is 1. The molecule has 3 nitrogen and oxygen atoms in total. The van der Waals surface area contributed by atoms with Crippen molar-refractivity contribution in [1.82, 2.24) is 5.32 Å². The van der Waals surface area contributed by atoms with Gasteiger partial charge in [-0.05, 0) is 49.9 Å². The van der Waals surface area contributed by atoms with Gasteiger partial charge in [0.1, 0.15) is 5.75 Å². The first-order valence-electron chi connectivity index (χ1n) is 8.25. The van der Waals surface area contributed by atoms with Gasteiger partial charge < -0.3 is 10.1 Å². The highest BCUT2D eigenvalue weighted by Crippen LogP contribution is 2.25. The summed E-state index contributed by atoms with van der Waals surface area (Å²) in [4.78, 5) is 12.1. The number of carbonyl (C=O) groups is 1. The maximum absolute atomic E-state index is 12.1. The molecule has 1 amide bonds. The van der Waals surface area contributed by atoms with Crippen molar-refractivity contribution in [2.75, 3.05) is 6.61 Å². The molecule has 4 heteroatoms. The molecule has 1 N–H and O–H groups in total. The first kappa shape index (κ1) is 17.1. The Bertz CT molecular complexity index is 485. The summed E-state index contributed by atoms with van der Waals surface area (Å²) in [7, 11) is 0. The van der Waals surface area contributed by atoms with Crippen molar-refractivity contribution < 1.29 is 9.53 Å². The van der Waals surface area contributed by atoms with Crippen molar-refractivity contribution in [3.05, 3.63) is 28.3 Å². The minimum Gasteiger partial charge on any atom is -0.484 e. The summed E-state index contributed by atoms with van der Waals surface area (Å²) < 4.78 is 5.61. The van der Waals surface area contributed by atoms with Gasteiger partial charge in [0.2, 0.25) is 0 Å². The molecule has 0 atom stereocenters. The predicted molar refractivity (Wildman–Crippen MR) is 90.7 cm³/mol. The van der Waals surface area contributed by atoms with E-state index in [-0.39, 0.29) is 12.5 Å². The normalized spacial score (nSPS) is 16.7. The van der Waals surface area contributed by atoms with Crippen LogP contribution in [0.3, 0.4) is 0 Å². The van der Waals surface area contributed by atoms with Gasteiger partial charge in [0.15, 0.2) is 6.61 Å². The molecule has 1 fully saturated rings. The standard InChI is InChI=1S/C18H26ClNO2/c1-13-10-16(11-14(2)18(13)19)22-12-17(21)20-15-8-6-4-3-5-7-9-15/h10-11,15H,3-9,12H2,1-2H3,(H,20,21). The number of rotatable bonds is 4. The quantitative estimate of drug-likeness (QED) is 0.881. The van der Waals surface area contributed by atoms with E-state index in [4.69, 9.17) is 16.3 Å². The monoisotopic (exact) mass is 323 g/mol. The molecule has 1 aromatic rings. The lowest BCUT2D eigenvalue weighted by Gasteiger charge is -2.21. The van der Waals surface area contributed by atoms with E-state index >= 15 is 0 Å². The molecule has 0 spiro atoms. The Morgan fingerprint density at radius 3 is 2.27 bits per heavy atom. The van der Waals surface area contributed by atoms with Crippen molar-refractivity contribution in [3.8, 4) is 5.75 Å². The Morgan fingerprint density at radius 2 is 1.68 bits per heavy atom. The molecule has 0 aliphatic heterocycles. The third-order valence-electron chi connectivity index (χ3n) is 4.25. The van der Waals surface area contributed by atoms with Crippen LogP contribution >= 0.6 is 11.6 Å². The lowest BCUT2D eigenvalue weighted by molar-refractivity contribution is -0.123. The molecule has 1 aliphatic carbocycles. The molecule has 0 bridgehead atoms. The van der Waals surface area contributed by atoms with Gasteiger partial charge in [-0.15, -0.1) is 0 Å². The minimum absolute atomic E-state index is 0.0316. The van der Waals surface area contributed by atoms with Crippen molar-refractivity contribution in [3.63, 3.8) is 0 Å². The first-order valence-corrected chi connectivity index (χ1v) is 8.63. The van der Waals surface area contributed by atoms with Crippen LogP contribution < -0.4 is 10.1 Å². The third kappa shape index (κ3) is 5.20. The highest BCUT2D eigenvalue weighted by Gasteiger charge is 2.14. The number of nitrogens with one attached hydrogen (secondary N) is 1. The number of hydrogen-bond donors (Lipinski definition) is 1. The van der Waals surface area contributed by atoms with Crippen LogP contribution in [-0.2, 0) is 4.79 Å². The summed E-state index contributed by atoms with van der Waals surface area (Å²) in [5, 5.41) is 3.86. The fraction of sp³-hybridized carbons (Fsp3) is 0.611. The average Bonchev–Trinajstić information content (AvgIpc) is 2.45. The molecule has 2 rings (SSSR count). The molecule has 0 heterocycles. The Kier molecular flexibility index (Phi) is 6.56. The number of amides is 1. The van der Waals surface area contributed by atoms with E-state index in [1.165, 1.54) is 32.1 Å². The summed E-state index contributed by atoms with van der Waals surface area (Å²) >= 11 is 6.14. The lowest BCUT2D eigenvalue weighted by atomic mass is 9.97. The van der Waals surface area contributed by atoms with Crippen molar-refractivity contribution in [1.29, 1.82) is 0 Å². The second-order valence-electron chi connectivity index (χ2n) is 6.27. The maximum atomic E-state index is 12.1. The molecular weight excluding hydrogens is 298 g/mol. The van der Waals surface area contributed by atoms with E-state index in [1.54, 1.807) is 0 Å². The summed E-state index contributed by atoms with van der Waals surface area (Å²) in [6.07, 6.45) is 8.50. The zero-order chi connectivity index (χ0) is 15.9. The summed E-state index contributed by atoms with van der Waals surface area (Å²) in [6.45, 7) is 3.95. The Hall–Kier alpha value is -1.22. The number of halogens is 1. The van der Waals surface area contributed by atoms with E-state index in [9.17, 15) is 4.79 Å². The lowest BCUT2D eigenvalue weighted by Crippen LogP contribution is -2.38. The largest absolute Gasteiger partial charge is 0.484 e. The summed E-state index contributed by atoms with van der Waals surface area (Å²) in [5.74, 6) is 0.669. The van der Waals surface area contributed by atoms with E-state index in [1.807, 2.05) is 26.0 Å². The Morgan fingerprint density at radius 1 is 1.14 bits per heavy atom. The van der Waals surface area contributed by atoms with Crippen molar-refractivity contribution in [2.45, 2.75) is 64.8 Å². The number of aryl methyl sites for hydroxylation is 2.